The molecule has 1 nitrogen and oxygen atoms in total. The second kappa shape index (κ2) is 5.10. The van der Waals surface area contributed by atoms with Crippen LogP contribution in [0, 0.1) is 0 Å². The molecule has 0 aliphatic rings. The Bertz CT molecular complexity index is 126. The number of Topliss-reactive ketones (excluding diaryl/α,β-unsaturated/α-hetero) is 1. The van der Waals surface area contributed by atoms with Gasteiger partial charge in [-0.25, -0.2) is 0 Å². The molecule has 0 bridgehead atoms. The standard InChI is InChI=1S/C5H5Cl3O/c6-3-4(9)1-2-5(7)8/h2H,1,3H2. The number of allylic oxidation sites excluding steroid dienone is 1. The predicted molar refractivity (Wildman–Crippen MR) is 40.1 cm³/mol. The number of hydrogen-bond donors (Lipinski definition) is 0. The first kappa shape index (κ1) is 9.28. The van der Waals surface area contributed by atoms with Crippen molar-refractivity contribution < 1.29 is 4.79 Å². The van der Waals surface area contributed by atoms with E-state index in [9.17, 15) is 4.79 Å². The van der Waals surface area contributed by atoms with E-state index in [2.05, 4.69) is 0 Å². The van der Waals surface area contributed by atoms with Crippen LogP contribution in [0.2, 0.25) is 0 Å². The van der Waals surface area contributed by atoms with Gasteiger partial charge in [-0.15, -0.1) is 11.6 Å². The molecule has 4 heteroatoms. The van der Waals surface area contributed by atoms with E-state index in [0.717, 1.165) is 0 Å². The van der Waals surface area contributed by atoms with E-state index >= 15 is 0 Å². The highest BCUT2D eigenvalue weighted by molar-refractivity contribution is 6.55. The third-order valence-corrected chi connectivity index (χ3v) is 1.24. The lowest BCUT2D eigenvalue weighted by molar-refractivity contribution is -0.115. The van der Waals surface area contributed by atoms with Gasteiger partial charge in [0.2, 0.25) is 0 Å². The predicted octanol–water partition coefficient (Wildman–Crippen LogP) is 2.50. The molecular weight excluding hydrogens is 182 g/mol. The van der Waals surface area contributed by atoms with Crippen LogP contribution in [-0.2, 0) is 4.79 Å². The second-order valence-corrected chi connectivity index (χ2v) is 2.65. The summed E-state index contributed by atoms with van der Waals surface area (Å²) < 4.78 is 0.105. The molecule has 0 heterocycles. The lowest BCUT2D eigenvalue weighted by Gasteiger charge is -1.85. The molecule has 52 valence electrons. The van der Waals surface area contributed by atoms with Crippen molar-refractivity contribution in [1.82, 2.24) is 0 Å². The van der Waals surface area contributed by atoms with Crippen LogP contribution in [0.25, 0.3) is 0 Å². The van der Waals surface area contributed by atoms with Crippen molar-refractivity contribution >= 4 is 40.6 Å². The average molecular weight is 187 g/mol. The summed E-state index contributed by atoms with van der Waals surface area (Å²) in [4.78, 5) is 10.4. The molecule has 0 saturated carbocycles. The molecule has 0 fully saturated rings. The highest BCUT2D eigenvalue weighted by Gasteiger charge is 1.94. The smallest absolute Gasteiger partial charge is 0.151 e. The molecule has 0 aromatic rings. The van der Waals surface area contributed by atoms with E-state index in [1.165, 1.54) is 6.08 Å². The zero-order valence-electron chi connectivity index (χ0n) is 4.53. The molecule has 9 heavy (non-hydrogen) atoms. The summed E-state index contributed by atoms with van der Waals surface area (Å²) in [5, 5.41) is 0. The first-order valence-corrected chi connectivity index (χ1v) is 3.54. The van der Waals surface area contributed by atoms with E-state index < -0.39 is 0 Å². The van der Waals surface area contributed by atoms with Crippen LogP contribution in [0.4, 0.5) is 0 Å². The summed E-state index contributed by atoms with van der Waals surface area (Å²) in [5.74, 6) is -0.0761. The Labute approximate surface area is 68.6 Å². The largest absolute Gasteiger partial charge is 0.298 e. The average Bonchev–Trinajstić information content (AvgIpc) is 1.83. The summed E-state index contributed by atoms with van der Waals surface area (Å²) in [5.41, 5.74) is 0. The molecule has 0 radical (unpaired) electrons. The number of ketones is 1. The van der Waals surface area contributed by atoms with Gasteiger partial charge in [0.15, 0.2) is 5.78 Å². The molecule has 0 rings (SSSR count). The van der Waals surface area contributed by atoms with Crippen molar-refractivity contribution in [2.45, 2.75) is 6.42 Å². The number of carbonyl (C=O) groups excluding carboxylic acids is 1. The van der Waals surface area contributed by atoms with Gasteiger partial charge in [0.1, 0.15) is 4.49 Å². The van der Waals surface area contributed by atoms with E-state index in [1.54, 1.807) is 0 Å². The molecule has 0 aromatic heterocycles. The van der Waals surface area contributed by atoms with Crippen molar-refractivity contribution in [3.05, 3.63) is 10.6 Å². The number of carbonyl (C=O) groups is 1. The lowest BCUT2D eigenvalue weighted by Crippen LogP contribution is -1.95. The molecular formula is C5H5Cl3O. The summed E-state index contributed by atoms with van der Waals surface area (Å²) >= 11 is 15.6. The van der Waals surface area contributed by atoms with Gasteiger partial charge >= 0.3 is 0 Å². The Morgan fingerprint density at radius 1 is 1.44 bits per heavy atom. The summed E-state index contributed by atoms with van der Waals surface area (Å²) in [6, 6.07) is 0. The van der Waals surface area contributed by atoms with Crippen LogP contribution >= 0.6 is 34.8 Å². The molecule has 0 spiro atoms. The van der Waals surface area contributed by atoms with E-state index in [-0.39, 0.29) is 22.6 Å². The van der Waals surface area contributed by atoms with Gasteiger partial charge < -0.3 is 0 Å². The van der Waals surface area contributed by atoms with Crippen LogP contribution in [0.5, 0.6) is 0 Å². The van der Waals surface area contributed by atoms with Crippen molar-refractivity contribution in [2.75, 3.05) is 5.88 Å². The molecule has 0 unspecified atom stereocenters. The minimum Gasteiger partial charge on any atom is -0.298 e. The molecule has 0 N–H and O–H groups in total. The normalized spacial score (nSPS) is 8.78. The first-order chi connectivity index (χ1) is 4.16. The number of rotatable bonds is 3. The summed E-state index contributed by atoms with van der Waals surface area (Å²) in [7, 11) is 0. The fraction of sp³-hybridized carbons (Fsp3) is 0.400. The molecule has 0 atom stereocenters. The van der Waals surface area contributed by atoms with Gasteiger partial charge in [0, 0.05) is 6.42 Å². The molecule has 0 aliphatic heterocycles. The van der Waals surface area contributed by atoms with E-state index in [0.29, 0.717) is 0 Å². The van der Waals surface area contributed by atoms with Crippen molar-refractivity contribution in [3.8, 4) is 0 Å². The van der Waals surface area contributed by atoms with Gasteiger partial charge in [-0.05, 0) is 6.08 Å². The van der Waals surface area contributed by atoms with Crippen LogP contribution in [0.1, 0.15) is 6.42 Å². The van der Waals surface area contributed by atoms with E-state index in [4.69, 9.17) is 34.8 Å². The molecule has 0 aromatic carbocycles. The Kier molecular flexibility index (Phi) is 5.25. The third kappa shape index (κ3) is 6.16. The minimum atomic E-state index is -0.0875. The molecule has 0 amide bonds. The van der Waals surface area contributed by atoms with Gasteiger partial charge in [-0.3, -0.25) is 4.79 Å². The number of halogens is 3. The Morgan fingerprint density at radius 2 is 2.00 bits per heavy atom. The van der Waals surface area contributed by atoms with Gasteiger partial charge in [-0.1, -0.05) is 23.2 Å². The second-order valence-electron chi connectivity index (χ2n) is 1.37. The fourth-order valence-corrected chi connectivity index (χ4v) is 0.509. The maximum atomic E-state index is 10.4. The Morgan fingerprint density at radius 3 is 2.33 bits per heavy atom. The van der Waals surface area contributed by atoms with E-state index in [1.807, 2.05) is 0 Å². The third-order valence-electron chi connectivity index (χ3n) is 0.633. The fourth-order valence-electron chi connectivity index (χ4n) is 0.246. The van der Waals surface area contributed by atoms with Crippen LogP contribution in [-0.4, -0.2) is 11.7 Å². The van der Waals surface area contributed by atoms with Crippen LogP contribution < -0.4 is 0 Å². The quantitative estimate of drug-likeness (QED) is 0.621. The Hall–Kier alpha value is 0.280. The monoisotopic (exact) mass is 186 g/mol. The van der Waals surface area contributed by atoms with Crippen molar-refractivity contribution in [1.29, 1.82) is 0 Å². The van der Waals surface area contributed by atoms with Gasteiger partial charge in [-0.2, -0.15) is 0 Å². The Balaban J connectivity index is 3.50. The topological polar surface area (TPSA) is 17.1 Å². The highest BCUT2D eigenvalue weighted by Crippen LogP contribution is 2.07. The van der Waals surface area contributed by atoms with Crippen LogP contribution in [0.15, 0.2) is 10.6 Å². The zero-order valence-corrected chi connectivity index (χ0v) is 6.80. The molecule has 0 saturated heterocycles. The van der Waals surface area contributed by atoms with Gasteiger partial charge in [0.05, 0.1) is 5.88 Å². The maximum absolute atomic E-state index is 10.4. The number of hydrogen-bond acceptors (Lipinski definition) is 1. The maximum Gasteiger partial charge on any atom is 0.151 e. The molecule has 0 aliphatic carbocycles. The van der Waals surface area contributed by atoms with Crippen molar-refractivity contribution in [2.24, 2.45) is 0 Å². The zero-order chi connectivity index (χ0) is 7.28. The van der Waals surface area contributed by atoms with Gasteiger partial charge in [0.25, 0.3) is 0 Å². The first-order valence-electron chi connectivity index (χ1n) is 2.25. The SMILES string of the molecule is O=C(CCl)CC=C(Cl)Cl. The van der Waals surface area contributed by atoms with Crippen molar-refractivity contribution in [3.63, 3.8) is 0 Å². The summed E-state index contributed by atoms with van der Waals surface area (Å²) in [6.07, 6.45) is 1.62. The highest BCUT2D eigenvalue weighted by atomic mass is 35.5. The minimum absolute atomic E-state index is 0.0115. The summed E-state index contributed by atoms with van der Waals surface area (Å²) in [6.45, 7) is 0. The number of alkyl halides is 1. The lowest BCUT2D eigenvalue weighted by atomic mass is 10.3. The van der Waals surface area contributed by atoms with Crippen LogP contribution in [0.3, 0.4) is 0 Å².